The minimum absolute atomic E-state index is 0.0922. The fourth-order valence-electron chi connectivity index (χ4n) is 0.832. The van der Waals surface area contributed by atoms with Gasteiger partial charge in [0, 0.05) is 26.7 Å². The van der Waals surface area contributed by atoms with Crippen molar-refractivity contribution in [3.05, 3.63) is 0 Å². The predicted molar refractivity (Wildman–Crippen MR) is 59.6 cm³/mol. The molecule has 1 N–H and O–H groups in total. The molecule has 0 aliphatic carbocycles. The smallest absolute Gasteiger partial charge is 0.318 e. The van der Waals surface area contributed by atoms with Crippen molar-refractivity contribution in [2.45, 2.75) is 26.3 Å². The zero-order valence-electron chi connectivity index (χ0n) is 10.4. The van der Waals surface area contributed by atoms with Crippen molar-refractivity contribution in [3.8, 4) is 0 Å². The Balaban J connectivity index is 4.17. The van der Waals surface area contributed by atoms with E-state index in [2.05, 4.69) is 5.32 Å². The van der Waals surface area contributed by atoms with Gasteiger partial charge in [0.25, 0.3) is 0 Å². The average Bonchev–Trinajstić information content (AvgIpc) is 2.00. The lowest BCUT2D eigenvalue weighted by atomic mass is 10.1. The van der Waals surface area contributed by atoms with Crippen molar-refractivity contribution in [1.29, 1.82) is 0 Å². The van der Waals surface area contributed by atoms with Crippen molar-refractivity contribution in [1.82, 2.24) is 15.1 Å². The first-order chi connectivity index (χ1) is 6.63. The summed E-state index contributed by atoms with van der Waals surface area (Å²) in [6.45, 7) is 5.78. The molecule has 0 unspecified atom stereocenters. The summed E-state index contributed by atoms with van der Waals surface area (Å²) < 4.78 is 0. The van der Waals surface area contributed by atoms with E-state index in [4.69, 9.17) is 0 Å². The lowest BCUT2D eigenvalue weighted by Crippen LogP contribution is -2.49. The maximum Gasteiger partial charge on any atom is 0.318 e. The highest BCUT2D eigenvalue weighted by Crippen LogP contribution is 2.00. The van der Waals surface area contributed by atoms with Crippen LogP contribution in [-0.2, 0) is 4.79 Å². The largest absolute Gasteiger partial charge is 0.347 e. The van der Waals surface area contributed by atoms with Crippen LogP contribution in [0.3, 0.4) is 0 Å². The molecule has 0 aromatic carbocycles. The number of urea groups is 1. The topological polar surface area (TPSA) is 52.7 Å². The number of carbonyl (C=O) groups is 2. The van der Waals surface area contributed by atoms with Crippen LogP contribution >= 0.6 is 0 Å². The van der Waals surface area contributed by atoms with Gasteiger partial charge in [-0.1, -0.05) is 0 Å². The van der Waals surface area contributed by atoms with E-state index in [1.165, 1.54) is 9.80 Å². The average molecular weight is 215 g/mol. The lowest BCUT2D eigenvalue weighted by Gasteiger charge is -2.26. The minimum Gasteiger partial charge on any atom is -0.347 e. The zero-order chi connectivity index (χ0) is 12.2. The first-order valence-electron chi connectivity index (χ1n) is 4.87. The van der Waals surface area contributed by atoms with Gasteiger partial charge in [-0.15, -0.1) is 0 Å². The van der Waals surface area contributed by atoms with E-state index in [-0.39, 0.29) is 24.0 Å². The van der Waals surface area contributed by atoms with Crippen LogP contribution in [0.5, 0.6) is 0 Å². The van der Waals surface area contributed by atoms with Crippen LogP contribution in [0.1, 0.15) is 20.8 Å². The van der Waals surface area contributed by atoms with Crippen LogP contribution in [0.15, 0.2) is 0 Å². The molecule has 0 aromatic heterocycles. The summed E-state index contributed by atoms with van der Waals surface area (Å²) in [4.78, 5) is 25.7. The number of amides is 3. The van der Waals surface area contributed by atoms with Gasteiger partial charge in [0.05, 0.1) is 0 Å². The molecule has 5 heteroatoms. The highest BCUT2D eigenvalue weighted by atomic mass is 16.2. The van der Waals surface area contributed by atoms with Crippen LogP contribution in [-0.4, -0.2) is 55.0 Å². The molecule has 0 spiro atoms. The Morgan fingerprint density at radius 3 is 1.93 bits per heavy atom. The van der Waals surface area contributed by atoms with E-state index >= 15 is 0 Å². The molecule has 0 aromatic rings. The molecule has 88 valence electrons. The fourth-order valence-corrected chi connectivity index (χ4v) is 0.832. The Morgan fingerprint density at radius 1 is 1.13 bits per heavy atom. The van der Waals surface area contributed by atoms with Crippen LogP contribution < -0.4 is 5.32 Å². The van der Waals surface area contributed by atoms with Gasteiger partial charge in [0.2, 0.25) is 5.91 Å². The third kappa shape index (κ3) is 5.93. The van der Waals surface area contributed by atoms with Crippen LogP contribution in [0.25, 0.3) is 0 Å². The third-order valence-electron chi connectivity index (χ3n) is 1.70. The molecule has 0 saturated carbocycles. The Bertz CT molecular complexity index is 244. The third-order valence-corrected chi connectivity index (χ3v) is 1.70. The zero-order valence-corrected chi connectivity index (χ0v) is 10.4. The lowest BCUT2D eigenvalue weighted by molar-refractivity contribution is -0.129. The van der Waals surface area contributed by atoms with Crippen molar-refractivity contribution < 1.29 is 9.59 Å². The van der Waals surface area contributed by atoms with Gasteiger partial charge < -0.3 is 15.1 Å². The summed E-state index contributed by atoms with van der Waals surface area (Å²) in [6, 6.07) is -0.238. The molecule has 3 amide bonds. The molecule has 0 radical (unpaired) electrons. The molecule has 0 saturated heterocycles. The van der Waals surface area contributed by atoms with E-state index in [0.717, 1.165) is 0 Å². The van der Waals surface area contributed by atoms with Crippen molar-refractivity contribution in [3.63, 3.8) is 0 Å². The van der Waals surface area contributed by atoms with Gasteiger partial charge >= 0.3 is 6.03 Å². The van der Waals surface area contributed by atoms with Gasteiger partial charge in [-0.3, -0.25) is 4.79 Å². The maximum atomic E-state index is 11.6. The van der Waals surface area contributed by atoms with Crippen molar-refractivity contribution >= 4 is 11.9 Å². The number of carbonyl (C=O) groups excluding carboxylic acids is 2. The number of nitrogens with zero attached hydrogens (tertiary/aromatic N) is 2. The maximum absolute atomic E-state index is 11.6. The van der Waals surface area contributed by atoms with Crippen molar-refractivity contribution in [2.24, 2.45) is 0 Å². The first-order valence-corrected chi connectivity index (χ1v) is 4.87. The van der Waals surface area contributed by atoms with Gasteiger partial charge in [-0.25, -0.2) is 4.79 Å². The Kier molecular flexibility index (Phi) is 4.58. The first kappa shape index (κ1) is 13.7. The molecule has 0 bridgehead atoms. The Labute approximate surface area is 91.4 Å². The highest BCUT2D eigenvalue weighted by molar-refractivity contribution is 5.83. The summed E-state index contributed by atoms with van der Waals surface area (Å²) in [6.07, 6.45) is 0. The molecular formula is C10H21N3O2. The van der Waals surface area contributed by atoms with Gasteiger partial charge in [-0.05, 0) is 20.8 Å². The van der Waals surface area contributed by atoms with Gasteiger partial charge in [0.1, 0.15) is 6.54 Å². The molecule has 5 nitrogen and oxygen atoms in total. The second kappa shape index (κ2) is 5.00. The summed E-state index contributed by atoms with van der Waals surface area (Å²) >= 11 is 0. The Hall–Kier alpha value is -1.26. The summed E-state index contributed by atoms with van der Waals surface area (Å²) in [5, 5.41) is 2.78. The van der Waals surface area contributed by atoms with Gasteiger partial charge in [-0.2, -0.15) is 0 Å². The normalized spacial score (nSPS) is 10.8. The molecule has 0 atom stereocenters. The molecule has 15 heavy (non-hydrogen) atoms. The Morgan fingerprint density at radius 2 is 1.60 bits per heavy atom. The number of hydrogen-bond acceptors (Lipinski definition) is 2. The quantitative estimate of drug-likeness (QED) is 0.730. The van der Waals surface area contributed by atoms with Crippen LogP contribution in [0.4, 0.5) is 4.79 Å². The fraction of sp³-hybridized carbons (Fsp3) is 0.800. The molecule has 0 rings (SSSR count). The SMILES string of the molecule is CN(C)C(=O)CN(C)C(=O)NC(C)(C)C. The summed E-state index contributed by atoms with van der Waals surface area (Å²) in [7, 11) is 4.93. The highest BCUT2D eigenvalue weighted by Gasteiger charge is 2.18. The number of nitrogens with one attached hydrogen (secondary N) is 1. The molecule has 0 heterocycles. The van der Waals surface area contributed by atoms with Gasteiger partial charge in [0.15, 0.2) is 0 Å². The molecule has 0 aliphatic rings. The molecular weight excluding hydrogens is 194 g/mol. The van der Waals surface area contributed by atoms with E-state index < -0.39 is 0 Å². The second-order valence-corrected chi connectivity index (χ2v) is 4.82. The van der Waals surface area contributed by atoms with E-state index in [1.807, 2.05) is 20.8 Å². The number of likely N-dealkylation sites (N-methyl/N-ethyl adjacent to an activating group) is 2. The minimum atomic E-state index is -0.285. The summed E-state index contributed by atoms with van der Waals surface area (Å²) in [5.41, 5.74) is -0.285. The van der Waals surface area contributed by atoms with E-state index in [1.54, 1.807) is 21.1 Å². The molecule has 0 fully saturated rings. The predicted octanol–water partition coefficient (Wildman–Crippen LogP) is 0.515. The van der Waals surface area contributed by atoms with Crippen LogP contribution in [0.2, 0.25) is 0 Å². The van der Waals surface area contributed by atoms with Crippen molar-refractivity contribution in [2.75, 3.05) is 27.7 Å². The monoisotopic (exact) mass is 215 g/mol. The number of hydrogen-bond donors (Lipinski definition) is 1. The second-order valence-electron chi connectivity index (χ2n) is 4.82. The number of rotatable bonds is 2. The summed E-state index contributed by atoms with van der Waals surface area (Å²) in [5.74, 6) is -0.0958. The standard InChI is InChI=1S/C10H21N3O2/c1-10(2,3)11-9(15)13(6)7-8(14)12(4)5/h7H2,1-6H3,(H,11,15). The van der Waals surface area contributed by atoms with Crippen LogP contribution in [0, 0.1) is 0 Å². The molecule has 0 aliphatic heterocycles. The van der Waals surface area contributed by atoms with E-state index in [9.17, 15) is 9.59 Å². The van der Waals surface area contributed by atoms with E-state index in [0.29, 0.717) is 0 Å².